The smallest absolute Gasteiger partial charge is 0.0326 e. The molecule has 0 heterocycles. The largest absolute Gasteiger partial charge is 0.100 e. The second-order valence-electron chi connectivity index (χ2n) is 4.35. The molecule has 1 rings (SSSR count). The van der Waals surface area contributed by atoms with Gasteiger partial charge < -0.3 is 0 Å². The summed E-state index contributed by atoms with van der Waals surface area (Å²) >= 11 is 0. The summed E-state index contributed by atoms with van der Waals surface area (Å²) in [4.78, 5) is 0. The predicted molar refractivity (Wildman–Crippen MR) is 55.2 cm³/mol. The van der Waals surface area contributed by atoms with Gasteiger partial charge in [-0.25, -0.2) is 0 Å². The van der Waals surface area contributed by atoms with Gasteiger partial charge in [0.2, 0.25) is 0 Å². The van der Waals surface area contributed by atoms with Crippen molar-refractivity contribution in [2.45, 2.75) is 58.3 Å². The van der Waals surface area contributed by atoms with Gasteiger partial charge in [-0.1, -0.05) is 44.1 Å². The number of allylic oxidation sites excluding steroid dienone is 1. The summed E-state index contributed by atoms with van der Waals surface area (Å²) in [6.07, 6.45) is 11.5. The van der Waals surface area contributed by atoms with Gasteiger partial charge in [-0.05, 0) is 25.7 Å². The Labute approximate surface area is 77.1 Å². The highest BCUT2D eigenvalue weighted by atomic mass is 14.2. The van der Waals surface area contributed by atoms with Gasteiger partial charge in [0, 0.05) is 0 Å². The summed E-state index contributed by atoms with van der Waals surface area (Å²) < 4.78 is 0. The van der Waals surface area contributed by atoms with Crippen LogP contribution < -0.4 is 0 Å². The fraction of sp³-hybridized carbons (Fsp3) is 0.833. The maximum atomic E-state index is 3.92. The molecular weight excluding hydrogens is 144 g/mol. The van der Waals surface area contributed by atoms with Gasteiger partial charge in [0.1, 0.15) is 0 Å². The van der Waals surface area contributed by atoms with Crippen molar-refractivity contribution in [3.05, 3.63) is 12.2 Å². The Kier molecular flexibility index (Phi) is 4.42. The van der Waals surface area contributed by atoms with Crippen LogP contribution in [0.2, 0.25) is 0 Å². The molecule has 0 aliphatic heterocycles. The number of hydrogen-bond acceptors (Lipinski definition) is 0. The molecule has 70 valence electrons. The summed E-state index contributed by atoms with van der Waals surface area (Å²) in [5, 5.41) is 0. The first kappa shape index (κ1) is 9.83. The van der Waals surface area contributed by atoms with Crippen LogP contribution in [0.1, 0.15) is 58.3 Å². The first-order valence-electron chi connectivity index (χ1n) is 5.43. The molecule has 0 amide bonds. The lowest BCUT2D eigenvalue weighted by molar-refractivity contribution is 0.473. The highest BCUT2D eigenvalue weighted by Crippen LogP contribution is 2.29. The molecular formula is C12H22. The van der Waals surface area contributed by atoms with Crippen LogP contribution in [0.25, 0.3) is 0 Å². The SMILES string of the molecule is C=C(C)CCCCC1CCCC1. The zero-order valence-corrected chi connectivity index (χ0v) is 8.44. The highest BCUT2D eigenvalue weighted by Gasteiger charge is 2.13. The van der Waals surface area contributed by atoms with Gasteiger partial charge in [-0.2, -0.15) is 0 Å². The second-order valence-corrected chi connectivity index (χ2v) is 4.35. The van der Waals surface area contributed by atoms with E-state index in [0.29, 0.717) is 0 Å². The summed E-state index contributed by atoms with van der Waals surface area (Å²) in [7, 11) is 0. The molecule has 0 N–H and O–H groups in total. The van der Waals surface area contributed by atoms with Gasteiger partial charge in [0.25, 0.3) is 0 Å². The Morgan fingerprint density at radius 3 is 2.50 bits per heavy atom. The topological polar surface area (TPSA) is 0 Å². The van der Waals surface area contributed by atoms with E-state index in [1.54, 1.807) is 0 Å². The molecule has 1 saturated carbocycles. The van der Waals surface area contributed by atoms with Crippen LogP contribution in [0.4, 0.5) is 0 Å². The van der Waals surface area contributed by atoms with E-state index in [-0.39, 0.29) is 0 Å². The first-order valence-corrected chi connectivity index (χ1v) is 5.43. The van der Waals surface area contributed by atoms with Crippen LogP contribution >= 0.6 is 0 Å². The van der Waals surface area contributed by atoms with Crippen molar-refractivity contribution in [3.63, 3.8) is 0 Å². The molecule has 0 unspecified atom stereocenters. The van der Waals surface area contributed by atoms with Crippen molar-refractivity contribution in [2.75, 3.05) is 0 Å². The minimum absolute atomic E-state index is 1.08. The maximum absolute atomic E-state index is 3.92. The molecule has 1 aliphatic carbocycles. The molecule has 0 radical (unpaired) electrons. The van der Waals surface area contributed by atoms with Crippen molar-refractivity contribution in [3.8, 4) is 0 Å². The van der Waals surface area contributed by atoms with Gasteiger partial charge in [0.15, 0.2) is 0 Å². The van der Waals surface area contributed by atoms with E-state index >= 15 is 0 Å². The van der Waals surface area contributed by atoms with E-state index in [2.05, 4.69) is 13.5 Å². The summed E-state index contributed by atoms with van der Waals surface area (Å²) in [5.74, 6) is 1.08. The number of hydrogen-bond donors (Lipinski definition) is 0. The van der Waals surface area contributed by atoms with E-state index in [0.717, 1.165) is 5.92 Å². The molecule has 1 aliphatic rings. The Morgan fingerprint density at radius 2 is 1.92 bits per heavy atom. The van der Waals surface area contributed by atoms with Gasteiger partial charge in [-0.3, -0.25) is 0 Å². The highest BCUT2D eigenvalue weighted by molar-refractivity contribution is 4.87. The van der Waals surface area contributed by atoms with Crippen LogP contribution in [0.15, 0.2) is 12.2 Å². The molecule has 0 saturated heterocycles. The average molecular weight is 166 g/mol. The molecule has 0 nitrogen and oxygen atoms in total. The van der Waals surface area contributed by atoms with Crippen molar-refractivity contribution in [1.82, 2.24) is 0 Å². The van der Waals surface area contributed by atoms with Crippen LogP contribution in [0.5, 0.6) is 0 Å². The summed E-state index contributed by atoms with van der Waals surface area (Å²) in [6.45, 7) is 6.06. The average Bonchev–Trinajstić information content (AvgIpc) is 2.49. The standard InChI is InChI=1S/C12H22/c1-11(2)7-3-4-8-12-9-5-6-10-12/h12H,1,3-10H2,2H3. The van der Waals surface area contributed by atoms with Crippen molar-refractivity contribution < 1.29 is 0 Å². The minimum atomic E-state index is 1.08. The van der Waals surface area contributed by atoms with Crippen LogP contribution in [-0.4, -0.2) is 0 Å². The Bertz CT molecular complexity index is 129. The second kappa shape index (κ2) is 5.40. The number of unbranched alkanes of at least 4 members (excludes halogenated alkanes) is 1. The van der Waals surface area contributed by atoms with Gasteiger partial charge >= 0.3 is 0 Å². The molecule has 0 bridgehead atoms. The Hall–Kier alpha value is -0.260. The lowest BCUT2D eigenvalue weighted by atomic mass is 9.99. The molecule has 0 spiro atoms. The van der Waals surface area contributed by atoms with E-state index in [9.17, 15) is 0 Å². The van der Waals surface area contributed by atoms with Crippen LogP contribution in [0.3, 0.4) is 0 Å². The third-order valence-corrected chi connectivity index (χ3v) is 2.94. The Balaban J connectivity index is 1.91. The Morgan fingerprint density at radius 1 is 1.25 bits per heavy atom. The fourth-order valence-corrected chi connectivity index (χ4v) is 2.16. The quantitative estimate of drug-likeness (QED) is 0.421. The normalized spacial score (nSPS) is 18.4. The lowest BCUT2D eigenvalue weighted by Gasteiger charge is -2.07. The maximum Gasteiger partial charge on any atom is -0.0326 e. The molecule has 0 heteroatoms. The van der Waals surface area contributed by atoms with Crippen molar-refractivity contribution in [1.29, 1.82) is 0 Å². The van der Waals surface area contributed by atoms with Crippen LogP contribution in [-0.2, 0) is 0 Å². The number of rotatable bonds is 5. The minimum Gasteiger partial charge on any atom is -0.100 e. The van der Waals surface area contributed by atoms with E-state index in [1.807, 2.05) is 0 Å². The zero-order valence-electron chi connectivity index (χ0n) is 8.44. The van der Waals surface area contributed by atoms with Crippen molar-refractivity contribution >= 4 is 0 Å². The van der Waals surface area contributed by atoms with E-state index in [1.165, 1.54) is 56.9 Å². The summed E-state index contributed by atoms with van der Waals surface area (Å²) in [6, 6.07) is 0. The molecule has 0 aromatic rings. The van der Waals surface area contributed by atoms with E-state index in [4.69, 9.17) is 0 Å². The molecule has 1 fully saturated rings. The van der Waals surface area contributed by atoms with Crippen LogP contribution in [0, 0.1) is 5.92 Å². The fourth-order valence-electron chi connectivity index (χ4n) is 2.16. The predicted octanol–water partition coefficient (Wildman–Crippen LogP) is 4.31. The molecule has 12 heavy (non-hydrogen) atoms. The lowest BCUT2D eigenvalue weighted by Crippen LogP contribution is -1.92. The van der Waals surface area contributed by atoms with Gasteiger partial charge in [-0.15, -0.1) is 6.58 Å². The zero-order chi connectivity index (χ0) is 8.81. The van der Waals surface area contributed by atoms with Crippen molar-refractivity contribution in [2.24, 2.45) is 5.92 Å². The molecule has 0 aromatic carbocycles. The monoisotopic (exact) mass is 166 g/mol. The molecule has 0 atom stereocenters. The third-order valence-electron chi connectivity index (χ3n) is 2.94. The third kappa shape index (κ3) is 3.94. The van der Waals surface area contributed by atoms with E-state index < -0.39 is 0 Å². The molecule has 0 aromatic heterocycles. The summed E-state index contributed by atoms with van der Waals surface area (Å²) in [5.41, 5.74) is 1.35. The first-order chi connectivity index (χ1) is 5.79. The van der Waals surface area contributed by atoms with Gasteiger partial charge in [0.05, 0.1) is 0 Å².